The standard InChI is InChI=1S/C32H17N5/c33-18-27-28(19-34)36-32-30(35-27)25-15-22-13-7-8-14-23(22)16-26(25)31-24(20-9-3-1-4-10-20)17-29(37(31)32)21-11-5-2-6-12-21/h1-17H. The summed E-state index contributed by atoms with van der Waals surface area (Å²) in [5.74, 6) is 0. The van der Waals surface area contributed by atoms with E-state index >= 15 is 0 Å². The predicted octanol–water partition coefficient (Wildman–Crippen LogP) is 7.27. The van der Waals surface area contributed by atoms with E-state index < -0.39 is 0 Å². The highest BCUT2D eigenvalue weighted by Gasteiger charge is 2.22. The molecular weight excluding hydrogens is 454 g/mol. The molecule has 0 N–H and O–H groups in total. The van der Waals surface area contributed by atoms with E-state index in [2.05, 4.69) is 71.1 Å². The first kappa shape index (κ1) is 20.8. The summed E-state index contributed by atoms with van der Waals surface area (Å²) in [5, 5.41) is 23.6. The summed E-state index contributed by atoms with van der Waals surface area (Å²) < 4.78 is 2.10. The summed E-state index contributed by atoms with van der Waals surface area (Å²) in [6.07, 6.45) is 0. The molecule has 170 valence electrons. The Morgan fingerprint density at radius 3 is 1.81 bits per heavy atom. The van der Waals surface area contributed by atoms with Gasteiger partial charge >= 0.3 is 0 Å². The lowest BCUT2D eigenvalue weighted by molar-refractivity contribution is 1.14. The fraction of sp³-hybridized carbons (Fsp3) is 0. The minimum Gasteiger partial charge on any atom is -0.291 e. The second-order valence-electron chi connectivity index (χ2n) is 8.92. The van der Waals surface area contributed by atoms with Crippen molar-refractivity contribution in [2.24, 2.45) is 0 Å². The highest BCUT2D eigenvalue weighted by atomic mass is 15.0. The Bertz CT molecular complexity index is 2090. The van der Waals surface area contributed by atoms with Crippen molar-refractivity contribution >= 4 is 38.2 Å². The van der Waals surface area contributed by atoms with Gasteiger partial charge in [-0.25, -0.2) is 9.97 Å². The first-order chi connectivity index (χ1) is 18.3. The monoisotopic (exact) mass is 471 g/mol. The Labute approximate surface area is 212 Å². The number of nitriles is 2. The van der Waals surface area contributed by atoms with Crippen LogP contribution in [0.2, 0.25) is 0 Å². The van der Waals surface area contributed by atoms with E-state index in [1.165, 1.54) is 0 Å². The van der Waals surface area contributed by atoms with Crippen molar-refractivity contribution in [1.82, 2.24) is 14.4 Å². The highest BCUT2D eigenvalue weighted by molar-refractivity contribution is 6.18. The third kappa shape index (κ3) is 3.09. The van der Waals surface area contributed by atoms with E-state index in [9.17, 15) is 10.5 Å². The number of fused-ring (bicyclic) bond motifs is 7. The SMILES string of the molecule is N#Cc1nc2c3cc4ccccc4cc3c3c(-c4ccccc4)cc(-c4ccccc4)n3c2nc1C#N. The van der Waals surface area contributed by atoms with Crippen LogP contribution in [-0.2, 0) is 0 Å². The number of pyridine rings is 1. The lowest BCUT2D eigenvalue weighted by Crippen LogP contribution is -2.02. The topological polar surface area (TPSA) is 77.8 Å². The van der Waals surface area contributed by atoms with Crippen LogP contribution in [-0.4, -0.2) is 14.4 Å². The lowest BCUT2D eigenvalue weighted by atomic mass is 9.99. The van der Waals surface area contributed by atoms with E-state index in [4.69, 9.17) is 9.97 Å². The average molecular weight is 472 g/mol. The summed E-state index contributed by atoms with van der Waals surface area (Å²) in [6.45, 7) is 0. The molecule has 0 aliphatic carbocycles. The van der Waals surface area contributed by atoms with Gasteiger partial charge in [0, 0.05) is 16.3 Å². The molecule has 0 atom stereocenters. The normalized spacial score (nSPS) is 11.2. The molecule has 0 aliphatic rings. The van der Waals surface area contributed by atoms with Crippen LogP contribution in [0.3, 0.4) is 0 Å². The van der Waals surface area contributed by atoms with Gasteiger partial charge in [-0.15, -0.1) is 0 Å². The molecule has 0 radical (unpaired) electrons. The van der Waals surface area contributed by atoms with Crippen molar-refractivity contribution in [1.29, 1.82) is 10.5 Å². The minimum atomic E-state index is 0.0189. The van der Waals surface area contributed by atoms with Crippen molar-refractivity contribution in [2.75, 3.05) is 0 Å². The third-order valence-corrected chi connectivity index (χ3v) is 6.85. The smallest absolute Gasteiger partial charge is 0.179 e. The second-order valence-corrected chi connectivity index (χ2v) is 8.92. The number of rotatable bonds is 2. The maximum atomic E-state index is 9.79. The Hall–Kier alpha value is -5.52. The minimum absolute atomic E-state index is 0.0189. The molecule has 0 amide bonds. The van der Waals surface area contributed by atoms with Crippen LogP contribution in [0.4, 0.5) is 0 Å². The van der Waals surface area contributed by atoms with Gasteiger partial charge in [-0.2, -0.15) is 10.5 Å². The molecule has 0 aliphatic heterocycles. The van der Waals surface area contributed by atoms with Gasteiger partial charge in [0.15, 0.2) is 17.0 Å². The van der Waals surface area contributed by atoms with Gasteiger partial charge in [0.05, 0.1) is 11.2 Å². The number of aromatic nitrogens is 3. The van der Waals surface area contributed by atoms with Gasteiger partial charge in [0.2, 0.25) is 0 Å². The lowest BCUT2D eigenvalue weighted by Gasteiger charge is -2.13. The fourth-order valence-corrected chi connectivity index (χ4v) is 5.21. The van der Waals surface area contributed by atoms with Crippen LogP contribution in [0.5, 0.6) is 0 Å². The summed E-state index contributed by atoms with van der Waals surface area (Å²) in [6, 6.07) is 39.2. The summed E-state index contributed by atoms with van der Waals surface area (Å²) in [7, 11) is 0. The van der Waals surface area contributed by atoms with Gasteiger partial charge in [0.1, 0.15) is 17.7 Å². The van der Waals surface area contributed by atoms with Gasteiger partial charge in [-0.1, -0.05) is 84.9 Å². The number of nitrogens with zero attached hydrogens (tertiary/aromatic N) is 5. The molecule has 7 aromatic rings. The van der Waals surface area contributed by atoms with Gasteiger partial charge in [0.25, 0.3) is 0 Å². The maximum absolute atomic E-state index is 9.79. The highest BCUT2D eigenvalue weighted by Crippen LogP contribution is 2.41. The van der Waals surface area contributed by atoms with Crippen molar-refractivity contribution in [3.8, 4) is 34.5 Å². The molecule has 0 saturated heterocycles. The molecule has 0 bridgehead atoms. The number of hydrogen-bond donors (Lipinski definition) is 0. The molecular formula is C32H17N5. The van der Waals surface area contributed by atoms with Crippen LogP contribution in [0.15, 0.2) is 103 Å². The van der Waals surface area contributed by atoms with Crippen molar-refractivity contribution < 1.29 is 0 Å². The number of hydrogen-bond acceptors (Lipinski definition) is 4. The summed E-state index contributed by atoms with van der Waals surface area (Å²) in [4.78, 5) is 9.43. The Morgan fingerprint density at radius 1 is 0.595 bits per heavy atom. The largest absolute Gasteiger partial charge is 0.291 e. The second kappa shape index (κ2) is 8.02. The average Bonchev–Trinajstić information content (AvgIpc) is 3.37. The van der Waals surface area contributed by atoms with Crippen LogP contribution in [0.1, 0.15) is 11.4 Å². The molecule has 5 nitrogen and oxygen atoms in total. The molecule has 37 heavy (non-hydrogen) atoms. The number of benzene rings is 4. The Kier molecular flexibility index (Phi) is 4.51. The molecule has 5 heteroatoms. The van der Waals surface area contributed by atoms with E-state index in [-0.39, 0.29) is 11.4 Å². The molecule has 4 aromatic carbocycles. The third-order valence-electron chi connectivity index (χ3n) is 6.85. The van der Waals surface area contributed by atoms with Gasteiger partial charge in [-0.3, -0.25) is 4.40 Å². The van der Waals surface area contributed by atoms with Crippen LogP contribution >= 0.6 is 0 Å². The van der Waals surface area contributed by atoms with Gasteiger partial charge in [-0.05, 0) is 40.1 Å². The van der Waals surface area contributed by atoms with Crippen LogP contribution in [0.25, 0.3) is 60.6 Å². The maximum Gasteiger partial charge on any atom is 0.179 e. The van der Waals surface area contributed by atoms with Crippen LogP contribution in [0, 0.1) is 22.7 Å². The Morgan fingerprint density at radius 2 is 1.16 bits per heavy atom. The quantitative estimate of drug-likeness (QED) is 0.196. The zero-order valence-electron chi connectivity index (χ0n) is 19.6. The first-order valence-electron chi connectivity index (χ1n) is 11.9. The van der Waals surface area contributed by atoms with Crippen molar-refractivity contribution in [3.63, 3.8) is 0 Å². The Balaban J connectivity index is 1.80. The summed E-state index contributed by atoms with van der Waals surface area (Å²) >= 11 is 0. The zero-order chi connectivity index (χ0) is 24.9. The summed E-state index contributed by atoms with van der Waals surface area (Å²) in [5.41, 5.74) is 6.28. The van der Waals surface area contributed by atoms with Crippen molar-refractivity contribution in [2.45, 2.75) is 0 Å². The molecule has 0 saturated carbocycles. The van der Waals surface area contributed by atoms with E-state index in [1.54, 1.807) is 0 Å². The van der Waals surface area contributed by atoms with E-state index in [0.29, 0.717) is 11.2 Å². The van der Waals surface area contributed by atoms with Crippen LogP contribution < -0.4 is 0 Å². The predicted molar refractivity (Wildman–Crippen MR) is 146 cm³/mol. The van der Waals surface area contributed by atoms with Gasteiger partial charge < -0.3 is 0 Å². The molecule has 7 rings (SSSR count). The molecule has 0 spiro atoms. The molecule has 3 aromatic heterocycles. The molecule has 0 unspecified atom stereocenters. The first-order valence-corrected chi connectivity index (χ1v) is 11.9. The molecule has 3 heterocycles. The fourth-order valence-electron chi connectivity index (χ4n) is 5.21. The zero-order valence-corrected chi connectivity index (χ0v) is 19.6. The molecule has 0 fully saturated rings. The van der Waals surface area contributed by atoms with Crippen molar-refractivity contribution in [3.05, 3.63) is 115 Å². The van der Waals surface area contributed by atoms with E-state index in [1.807, 2.05) is 48.5 Å². The van der Waals surface area contributed by atoms with E-state index in [0.717, 1.165) is 49.4 Å².